The summed E-state index contributed by atoms with van der Waals surface area (Å²) in [6.07, 6.45) is 0.0751. The molecule has 0 spiro atoms. The molecule has 1 aliphatic heterocycles. The molecule has 7 heteroatoms. The van der Waals surface area contributed by atoms with Crippen LogP contribution in [0.15, 0.2) is 77.1 Å². The van der Waals surface area contributed by atoms with Gasteiger partial charge in [-0.2, -0.15) is 5.26 Å². The minimum atomic E-state index is -0.764. The molecule has 0 saturated carbocycles. The van der Waals surface area contributed by atoms with Crippen LogP contribution in [0.3, 0.4) is 0 Å². The summed E-state index contributed by atoms with van der Waals surface area (Å²) in [7, 11) is 1.30. The number of hydrogen-bond acceptors (Lipinski definition) is 7. The van der Waals surface area contributed by atoms with Crippen LogP contribution in [0.1, 0.15) is 37.3 Å². The Labute approximate surface area is 193 Å². The van der Waals surface area contributed by atoms with Gasteiger partial charge in [0.05, 0.1) is 36.7 Å². The largest absolute Gasteiger partial charge is 0.489 e. The molecule has 2 aromatic rings. The maximum Gasteiger partial charge on any atom is 0.336 e. The van der Waals surface area contributed by atoms with Gasteiger partial charge < -0.3 is 19.5 Å². The number of benzene rings is 2. The van der Waals surface area contributed by atoms with E-state index in [0.717, 1.165) is 5.56 Å². The summed E-state index contributed by atoms with van der Waals surface area (Å²) in [4.78, 5) is 25.9. The standard InChI is InChI=1S/C26H26N2O5/c1-17-22(25(29)31-3)24(23(18(2)28-17)26(30)32-15-9-14-27)20-12-7-8-13-21(20)33-16-19-10-5-4-6-11-19/h4-8,10-13,24,28H,9,15-16H2,1-3H3. The molecule has 0 amide bonds. The lowest BCUT2D eigenvalue weighted by molar-refractivity contribution is -0.139. The minimum absolute atomic E-state index is 0.0404. The Balaban J connectivity index is 2.06. The van der Waals surface area contributed by atoms with Gasteiger partial charge in [0, 0.05) is 17.0 Å². The first kappa shape index (κ1) is 23.6. The molecule has 1 aliphatic rings. The number of allylic oxidation sites excluding steroid dienone is 2. The predicted octanol–water partition coefficient (Wildman–Crippen LogP) is 4.13. The molecule has 2 aromatic carbocycles. The van der Waals surface area contributed by atoms with Crippen molar-refractivity contribution < 1.29 is 23.8 Å². The quantitative estimate of drug-likeness (QED) is 0.481. The number of hydrogen-bond donors (Lipinski definition) is 1. The Morgan fingerprint density at radius 3 is 2.27 bits per heavy atom. The van der Waals surface area contributed by atoms with Gasteiger partial charge in [0.15, 0.2) is 0 Å². The highest BCUT2D eigenvalue weighted by Gasteiger charge is 2.39. The van der Waals surface area contributed by atoms with E-state index >= 15 is 0 Å². The molecule has 1 unspecified atom stereocenters. The van der Waals surface area contributed by atoms with Gasteiger partial charge in [-0.15, -0.1) is 0 Å². The first-order valence-corrected chi connectivity index (χ1v) is 10.5. The van der Waals surface area contributed by atoms with Crippen LogP contribution in [-0.2, 0) is 25.7 Å². The molecule has 170 valence electrons. The number of para-hydroxylation sites is 1. The first-order chi connectivity index (χ1) is 16.0. The molecular weight excluding hydrogens is 420 g/mol. The fourth-order valence-corrected chi connectivity index (χ4v) is 3.81. The van der Waals surface area contributed by atoms with Crippen LogP contribution in [-0.4, -0.2) is 25.7 Å². The van der Waals surface area contributed by atoms with Gasteiger partial charge in [-0.05, 0) is 25.5 Å². The second-order valence-corrected chi connectivity index (χ2v) is 7.48. The van der Waals surface area contributed by atoms with E-state index in [1.807, 2.05) is 54.6 Å². The number of nitrogens with one attached hydrogen (secondary N) is 1. The van der Waals surface area contributed by atoms with Crippen LogP contribution in [0, 0.1) is 11.3 Å². The number of nitrogens with zero attached hydrogens (tertiary/aromatic N) is 1. The molecule has 0 aromatic heterocycles. The molecule has 0 bridgehead atoms. The van der Waals surface area contributed by atoms with Crippen LogP contribution in [0.5, 0.6) is 5.75 Å². The summed E-state index contributed by atoms with van der Waals surface area (Å²) in [5.74, 6) is -1.39. The number of carbonyl (C=O) groups excluding carboxylic acids is 2. The Bertz CT molecular complexity index is 1130. The number of nitriles is 1. The van der Waals surface area contributed by atoms with Gasteiger partial charge >= 0.3 is 11.9 Å². The number of rotatable bonds is 8. The van der Waals surface area contributed by atoms with Gasteiger partial charge in [0.2, 0.25) is 0 Å². The van der Waals surface area contributed by atoms with Gasteiger partial charge in [-0.1, -0.05) is 48.5 Å². The summed E-state index contributed by atoms with van der Waals surface area (Å²) in [5, 5.41) is 11.9. The van der Waals surface area contributed by atoms with E-state index < -0.39 is 17.9 Å². The number of esters is 2. The van der Waals surface area contributed by atoms with Crippen LogP contribution in [0.4, 0.5) is 0 Å². The number of carbonyl (C=O) groups is 2. The summed E-state index contributed by atoms with van der Waals surface area (Å²) >= 11 is 0. The zero-order valence-electron chi connectivity index (χ0n) is 18.9. The zero-order chi connectivity index (χ0) is 23.8. The molecule has 3 rings (SSSR count). The summed E-state index contributed by atoms with van der Waals surface area (Å²) in [6.45, 7) is 3.79. The first-order valence-electron chi connectivity index (χ1n) is 10.5. The lowest BCUT2D eigenvalue weighted by Crippen LogP contribution is -2.32. The summed E-state index contributed by atoms with van der Waals surface area (Å²) in [5.41, 5.74) is 3.34. The average Bonchev–Trinajstić information content (AvgIpc) is 2.82. The Kier molecular flexibility index (Phi) is 7.87. The molecule has 0 saturated heterocycles. The fourth-order valence-electron chi connectivity index (χ4n) is 3.81. The fraction of sp³-hybridized carbons (Fsp3) is 0.269. The second kappa shape index (κ2) is 11.0. The van der Waals surface area contributed by atoms with E-state index in [9.17, 15) is 9.59 Å². The number of methoxy groups -OCH3 is 1. The van der Waals surface area contributed by atoms with Crippen LogP contribution >= 0.6 is 0 Å². The Hall–Kier alpha value is -4.05. The molecule has 0 fully saturated rings. The van der Waals surface area contributed by atoms with Crippen molar-refractivity contribution in [3.05, 3.63) is 88.3 Å². The number of ether oxygens (including phenoxy) is 3. The van der Waals surface area contributed by atoms with Crippen molar-refractivity contribution in [1.29, 1.82) is 5.26 Å². The van der Waals surface area contributed by atoms with Crippen molar-refractivity contribution in [1.82, 2.24) is 5.32 Å². The third-order valence-corrected chi connectivity index (χ3v) is 5.30. The van der Waals surface area contributed by atoms with Gasteiger partial charge in [-0.25, -0.2) is 9.59 Å². The average molecular weight is 447 g/mol. The van der Waals surface area contributed by atoms with Crippen LogP contribution in [0.25, 0.3) is 0 Å². The van der Waals surface area contributed by atoms with Gasteiger partial charge in [-0.3, -0.25) is 0 Å². The van der Waals surface area contributed by atoms with Crippen molar-refractivity contribution in [2.75, 3.05) is 13.7 Å². The second-order valence-electron chi connectivity index (χ2n) is 7.48. The van der Waals surface area contributed by atoms with E-state index in [-0.39, 0.29) is 18.6 Å². The molecule has 0 radical (unpaired) electrons. The van der Waals surface area contributed by atoms with Crippen molar-refractivity contribution in [3.8, 4) is 11.8 Å². The normalized spacial score (nSPS) is 15.4. The molecule has 7 nitrogen and oxygen atoms in total. The molecule has 1 N–H and O–H groups in total. The maximum atomic E-state index is 13.1. The van der Waals surface area contributed by atoms with Crippen molar-refractivity contribution in [3.63, 3.8) is 0 Å². The van der Waals surface area contributed by atoms with E-state index in [2.05, 4.69) is 5.32 Å². The highest BCUT2D eigenvalue weighted by molar-refractivity contribution is 6.00. The molecule has 33 heavy (non-hydrogen) atoms. The highest BCUT2D eigenvalue weighted by Crippen LogP contribution is 2.42. The summed E-state index contributed by atoms with van der Waals surface area (Å²) < 4.78 is 16.5. The molecular formula is C26H26N2O5. The van der Waals surface area contributed by atoms with E-state index in [4.69, 9.17) is 19.5 Å². The molecule has 1 heterocycles. The van der Waals surface area contributed by atoms with E-state index in [1.165, 1.54) is 7.11 Å². The smallest absolute Gasteiger partial charge is 0.336 e. The molecule has 1 atom stereocenters. The van der Waals surface area contributed by atoms with E-state index in [1.54, 1.807) is 19.9 Å². The lowest BCUT2D eigenvalue weighted by Gasteiger charge is -2.31. The van der Waals surface area contributed by atoms with Gasteiger partial charge in [0.25, 0.3) is 0 Å². The van der Waals surface area contributed by atoms with Crippen molar-refractivity contribution >= 4 is 11.9 Å². The topological polar surface area (TPSA) is 97.6 Å². The lowest BCUT2D eigenvalue weighted by atomic mass is 9.80. The predicted molar refractivity (Wildman–Crippen MR) is 122 cm³/mol. The summed E-state index contributed by atoms with van der Waals surface area (Å²) in [6, 6.07) is 18.9. The Morgan fingerprint density at radius 2 is 1.61 bits per heavy atom. The third-order valence-electron chi connectivity index (χ3n) is 5.30. The Morgan fingerprint density at radius 1 is 0.970 bits per heavy atom. The minimum Gasteiger partial charge on any atom is -0.489 e. The van der Waals surface area contributed by atoms with Crippen LogP contribution < -0.4 is 10.1 Å². The van der Waals surface area contributed by atoms with Crippen molar-refractivity contribution in [2.24, 2.45) is 0 Å². The molecule has 0 aliphatic carbocycles. The monoisotopic (exact) mass is 446 g/mol. The maximum absolute atomic E-state index is 13.1. The van der Waals surface area contributed by atoms with Crippen molar-refractivity contribution in [2.45, 2.75) is 32.8 Å². The van der Waals surface area contributed by atoms with E-state index in [0.29, 0.717) is 34.9 Å². The SMILES string of the molecule is COC(=O)C1=C(C)NC(C)=C(C(=O)OCCC#N)C1c1ccccc1OCc1ccccc1. The third kappa shape index (κ3) is 5.42. The van der Waals surface area contributed by atoms with Crippen LogP contribution in [0.2, 0.25) is 0 Å². The van der Waals surface area contributed by atoms with Gasteiger partial charge in [0.1, 0.15) is 19.0 Å². The highest BCUT2D eigenvalue weighted by atomic mass is 16.5. The number of dihydropyridines is 1. The zero-order valence-corrected chi connectivity index (χ0v) is 18.9.